The predicted octanol–water partition coefficient (Wildman–Crippen LogP) is 2.35. The van der Waals surface area contributed by atoms with Gasteiger partial charge in [0.05, 0.1) is 6.61 Å². The number of carbonyl (C=O) groups is 1. The monoisotopic (exact) mass is 241 g/mol. The molecule has 0 aromatic heterocycles. The first-order valence-corrected chi connectivity index (χ1v) is 4.77. The van der Waals surface area contributed by atoms with Crippen LogP contribution >= 0.6 is 12.4 Å². The average Bonchev–Trinajstić information content (AvgIpc) is 2.20. The van der Waals surface area contributed by atoms with Crippen LogP contribution in [0.5, 0.6) is 0 Å². The Morgan fingerprint density at radius 3 is 2.62 bits per heavy atom. The minimum Gasteiger partial charge on any atom is -0.462 e. The van der Waals surface area contributed by atoms with Crippen LogP contribution in [-0.4, -0.2) is 12.6 Å². The van der Waals surface area contributed by atoms with E-state index in [9.17, 15) is 4.79 Å². The van der Waals surface area contributed by atoms with Crippen LogP contribution in [0.15, 0.2) is 36.4 Å². The Morgan fingerprint density at radius 2 is 2.06 bits per heavy atom. The molecule has 1 aromatic carbocycles. The van der Waals surface area contributed by atoms with Crippen LogP contribution in [0.2, 0.25) is 0 Å². The summed E-state index contributed by atoms with van der Waals surface area (Å²) in [5.41, 5.74) is 7.87. The molecule has 0 heterocycles. The summed E-state index contributed by atoms with van der Waals surface area (Å²) in [7, 11) is 0. The van der Waals surface area contributed by atoms with Crippen molar-refractivity contribution >= 4 is 24.1 Å². The van der Waals surface area contributed by atoms with E-state index < -0.39 is 0 Å². The molecule has 1 rings (SSSR count). The first kappa shape index (κ1) is 14.5. The molecule has 1 aromatic rings. The number of rotatable bonds is 4. The third-order valence-corrected chi connectivity index (χ3v) is 2.01. The SMILES string of the molecule is C=C(C)C(=O)OCCc1ccccc1N.Cl. The summed E-state index contributed by atoms with van der Waals surface area (Å²) in [6.07, 6.45) is 0.631. The highest BCUT2D eigenvalue weighted by Gasteiger charge is 2.03. The van der Waals surface area contributed by atoms with Crippen molar-refractivity contribution in [2.75, 3.05) is 12.3 Å². The second-order valence-corrected chi connectivity index (χ2v) is 3.37. The summed E-state index contributed by atoms with van der Waals surface area (Å²) in [6.45, 7) is 5.46. The van der Waals surface area contributed by atoms with Crippen LogP contribution in [0.4, 0.5) is 5.69 Å². The van der Waals surface area contributed by atoms with Gasteiger partial charge in [-0.25, -0.2) is 4.79 Å². The normalized spacial score (nSPS) is 9.06. The summed E-state index contributed by atoms with van der Waals surface area (Å²) in [5.74, 6) is -0.357. The standard InChI is InChI=1S/C12H15NO2.ClH/c1-9(2)12(14)15-8-7-10-5-3-4-6-11(10)13;/h3-6H,1,7-8,13H2,2H3;1H. The number of nitrogen functional groups attached to an aromatic ring is 1. The van der Waals surface area contributed by atoms with Gasteiger partial charge in [-0.1, -0.05) is 24.8 Å². The van der Waals surface area contributed by atoms with Gasteiger partial charge in [0.2, 0.25) is 0 Å². The third-order valence-electron chi connectivity index (χ3n) is 2.01. The van der Waals surface area contributed by atoms with E-state index in [0.29, 0.717) is 18.6 Å². The Labute approximate surface area is 102 Å². The number of carbonyl (C=O) groups excluding carboxylic acids is 1. The number of nitrogens with two attached hydrogens (primary N) is 1. The molecule has 0 saturated carbocycles. The highest BCUT2D eigenvalue weighted by molar-refractivity contribution is 5.86. The molecular formula is C12H16ClNO2. The lowest BCUT2D eigenvalue weighted by atomic mass is 10.1. The number of anilines is 1. The zero-order chi connectivity index (χ0) is 11.3. The largest absolute Gasteiger partial charge is 0.462 e. The van der Waals surface area contributed by atoms with E-state index in [4.69, 9.17) is 10.5 Å². The second kappa shape index (κ2) is 6.90. The lowest BCUT2D eigenvalue weighted by molar-refractivity contribution is -0.138. The first-order chi connectivity index (χ1) is 7.11. The lowest BCUT2D eigenvalue weighted by Crippen LogP contribution is -2.08. The highest BCUT2D eigenvalue weighted by atomic mass is 35.5. The number of esters is 1. The molecule has 0 spiro atoms. The van der Waals surface area contributed by atoms with Gasteiger partial charge in [-0.3, -0.25) is 0 Å². The van der Waals surface area contributed by atoms with E-state index in [-0.39, 0.29) is 18.4 Å². The first-order valence-electron chi connectivity index (χ1n) is 4.77. The second-order valence-electron chi connectivity index (χ2n) is 3.37. The Hall–Kier alpha value is -1.48. The van der Waals surface area contributed by atoms with Crippen molar-refractivity contribution in [3.05, 3.63) is 42.0 Å². The Balaban J connectivity index is 0.00000225. The smallest absolute Gasteiger partial charge is 0.333 e. The van der Waals surface area contributed by atoms with Crippen LogP contribution < -0.4 is 5.73 Å². The number of benzene rings is 1. The summed E-state index contributed by atoms with van der Waals surface area (Å²) < 4.78 is 4.97. The summed E-state index contributed by atoms with van der Waals surface area (Å²) in [5, 5.41) is 0. The molecule has 3 nitrogen and oxygen atoms in total. The van der Waals surface area contributed by atoms with E-state index in [1.54, 1.807) is 6.92 Å². The molecule has 0 aliphatic carbocycles. The van der Waals surface area contributed by atoms with E-state index in [2.05, 4.69) is 6.58 Å². The maximum atomic E-state index is 11.1. The summed E-state index contributed by atoms with van der Waals surface area (Å²) in [4.78, 5) is 11.1. The molecule has 0 aliphatic heterocycles. The van der Waals surface area contributed by atoms with Gasteiger partial charge in [0.15, 0.2) is 0 Å². The van der Waals surface area contributed by atoms with E-state index in [1.807, 2.05) is 24.3 Å². The van der Waals surface area contributed by atoms with Crippen molar-refractivity contribution < 1.29 is 9.53 Å². The minimum absolute atomic E-state index is 0. The number of ether oxygens (including phenoxy) is 1. The number of hydrogen-bond acceptors (Lipinski definition) is 3. The summed E-state index contributed by atoms with van der Waals surface area (Å²) >= 11 is 0. The zero-order valence-electron chi connectivity index (χ0n) is 9.23. The van der Waals surface area contributed by atoms with Gasteiger partial charge in [0.25, 0.3) is 0 Å². The predicted molar refractivity (Wildman–Crippen MR) is 67.6 cm³/mol. The average molecular weight is 242 g/mol. The van der Waals surface area contributed by atoms with Crippen molar-refractivity contribution in [3.63, 3.8) is 0 Å². The van der Waals surface area contributed by atoms with Gasteiger partial charge in [0.1, 0.15) is 0 Å². The molecule has 16 heavy (non-hydrogen) atoms. The minimum atomic E-state index is -0.357. The zero-order valence-corrected chi connectivity index (χ0v) is 10.0. The van der Waals surface area contributed by atoms with Gasteiger partial charge in [0, 0.05) is 17.7 Å². The molecule has 0 unspecified atom stereocenters. The number of para-hydroxylation sites is 1. The lowest BCUT2D eigenvalue weighted by Gasteiger charge is -2.06. The van der Waals surface area contributed by atoms with Crippen molar-refractivity contribution in [2.45, 2.75) is 13.3 Å². The third kappa shape index (κ3) is 4.36. The van der Waals surface area contributed by atoms with Crippen LogP contribution in [-0.2, 0) is 16.0 Å². The summed E-state index contributed by atoms with van der Waals surface area (Å²) in [6, 6.07) is 7.53. The molecule has 0 bridgehead atoms. The van der Waals surface area contributed by atoms with Gasteiger partial charge in [-0.15, -0.1) is 12.4 Å². The number of halogens is 1. The van der Waals surface area contributed by atoms with Crippen molar-refractivity contribution in [2.24, 2.45) is 0 Å². The molecular weight excluding hydrogens is 226 g/mol. The van der Waals surface area contributed by atoms with Gasteiger partial charge in [-0.2, -0.15) is 0 Å². The van der Waals surface area contributed by atoms with Crippen molar-refractivity contribution in [1.82, 2.24) is 0 Å². The topological polar surface area (TPSA) is 52.3 Å². The van der Waals surface area contributed by atoms with Gasteiger partial charge >= 0.3 is 5.97 Å². The quantitative estimate of drug-likeness (QED) is 0.500. The Morgan fingerprint density at radius 1 is 1.44 bits per heavy atom. The van der Waals surface area contributed by atoms with Crippen LogP contribution in [0, 0.1) is 0 Å². The van der Waals surface area contributed by atoms with E-state index in [1.165, 1.54) is 0 Å². The van der Waals surface area contributed by atoms with Crippen molar-refractivity contribution in [1.29, 1.82) is 0 Å². The van der Waals surface area contributed by atoms with E-state index >= 15 is 0 Å². The molecule has 88 valence electrons. The maximum Gasteiger partial charge on any atom is 0.333 e. The van der Waals surface area contributed by atoms with Crippen LogP contribution in [0.1, 0.15) is 12.5 Å². The van der Waals surface area contributed by atoms with E-state index in [0.717, 1.165) is 11.3 Å². The molecule has 2 N–H and O–H groups in total. The maximum absolute atomic E-state index is 11.1. The molecule has 0 amide bonds. The highest BCUT2D eigenvalue weighted by Crippen LogP contribution is 2.11. The molecule has 0 aliphatic rings. The van der Waals surface area contributed by atoms with Crippen molar-refractivity contribution in [3.8, 4) is 0 Å². The number of hydrogen-bond donors (Lipinski definition) is 1. The van der Waals surface area contributed by atoms with Gasteiger partial charge in [-0.05, 0) is 18.6 Å². The van der Waals surface area contributed by atoms with Crippen LogP contribution in [0.25, 0.3) is 0 Å². The Bertz CT molecular complexity index is 377. The molecule has 0 atom stereocenters. The molecule has 0 radical (unpaired) electrons. The molecule has 0 saturated heterocycles. The fourth-order valence-corrected chi connectivity index (χ4v) is 1.14. The fraction of sp³-hybridized carbons (Fsp3) is 0.250. The molecule has 4 heteroatoms. The molecule has 0 fully saturated rings. The Kier molecular flexibility index (Phi) is 6.27. The van der Waals surface area contributed by atoms with Crippen LogP contribution in [0.3, 0.4) is 0 Å². The van der Waals surface area contributed by atoms with Gasteiger partial charge < -0.3 is 10.5 Å². The fourth-order valence-electron chi connectivity index (χ4n) is 1.14.